The van der Waals surface area contributed by atoms with Crippen molar-refractivity contribution in [3.05, 3.63) is 34.5 Å². The number of amides is 1. The summed E-state index contributed by atoms with van der Waals surface area (Å²) < 4.78 is 51.6. The number of pyridine rings is 1. The summed E-state index contributed by atoms with van der Waals surface area (Å²) in [5.74, 6) is 2.06. The highest BCUT2D eigenvalue weighted by molar-refractivity contribution is 9.10. The Kier molecular flexibility index (Phi) is 5.49. The van der Waals surface area contributed by atoms with Crippen LogP contribution in [-0.2, 0) is 10.2 Å². The average Bonchev–Trinajstić information content (AvgIpc) is 3.21. The molecule has 3 saturated carbocycles. The second-order valence-electron chi connectivity index (χ2n) is 10.5. The van der Waals surface area contributed by atoms with Crippen LogP contribution in [0.3, 0.4) is 0 Å². The highest BCUT2D eigenvalue weighted by atomic mass is 79.9. The van der Waals surface area contributed by atoms with Crippen molar-refractivity contribution in [2.45, 2.75) is 81.9 Å². The van der Waals surface area contributed by atoms with E-state index in [4.69, 9.17) is 9.26 Å². The molecule has 3 aliphatic carbocycles. The van der Waals surface area contributed by atoms with E-state index < -0.39 is 17.9 Å². The maximum Gasteiger partial charge on any atom is 0.427 e. The van der Waals surface area contributed by atoms with Crippen LogP contribution in [-0.4, -0.2) is 39.5 Å². The van der Waals surface area contributed by atoms with Gasteiger partial charge in [0.05, 0.1) is 5.41 Å². The van der Waals surface area contributed by atoms with E-state index in [0.717, 1.165) is 64.6 Å². The molecule has 0 atom stereocenters. The van der Waals surface area contributed by atoms with Gasteiger partial charge in [0.2, 0.25) is 11.5 Å². The average molecular weight is 543 g/mol. The van der Waals surface area contributed by atoms with Crippen LogP contribution in [0.15, 0.2) is 27.3 Å². The smallest absolute Gasteiger partial charge is 0.427 e. The van der Waals surface area contributed by atoms with Crippen molar-refractivity contribution in [1.82, 2.24) is 15.1 Å². The van der Waals surface area contributed by atoms with Crippen LogP contribution in [0.5, 0.6) is 0 Å². The summed E-state index contributed by atoms with van der Waals surface area (Å²) in [6.45, 7) is 1.90. The number of rotatable bonds is 6. The van der Waals surface area contributed by atoms with Gasteiger partial charge in [0.15, 0.2) is 5.82 Å². The zero-order valence-corrected chi connectivity index (χ0v) is 20.6. The van der Waals surface area contributed by atoms with Crippen LogP contribution in [0.4, 0.5) is 23.8 Å². The summed E-state index contributed by atoms with van der Waals surface area (Å²) in [5.41, 5.74) is -3.17. The third-order valence-corrected chi connectivity index (χ3v) is 8.04. The van der Waals surface area contributed by atoms with Crippen LogP contribution in [0, 0.1) is 5.41 Å². The Morgan fingerprint density at radius 3 is 2.59 bits per heavy atom. The topological polar surface area (TPSA) is 81.4 Å². The van der Waals surface area contributed by atoms with Gasteiger partial charge in [0.25, 0.3) is 0 Å². The fraction of sp³-hybridized carbons (Fsp3) is 0.652. The molecule has 2 aromatic rings. The second kappa shape index (κ2) is 7.93. The first-order valence-electron chi connectivity index (χ1n) is 11.5. The van der Waals surface area contributed by atoms with Crippen molar-refractivity contribution >= 4 is 27.8 Å². The third kappa shape index (κ3) is 4.20. The van der Waals surface area contributed by atoms with E-state index in [1.54, 1.807) is 12.1 Å². The van der Waals surface area contributed by atoms with Crippen LogP contribution >= 0.6 is 15.9 Å². The molecule has 5 rings (SSSR count). The number of halogens is 4. The molecule has 34 heavy (non-hydrogen) atoms. The number of aromatic nitrogens is 3. The molecule has 0 unspecified atom stereocenters. The van der Waals surface area contributed by atoms with Gasteiger partial charge in [0, 0.05) is 23.1 Å². The number of anilines is 1. The first-order chi connectivity index (χ1) is 15.9. The number of ether oxygens (including phenoxy) is 1. The zero-order valence-electron chi connectivity index (χ0n) is 19.0. The monoisotopic (exact) mass is 542 g/mol. The number of carbonyl (C=O) groups excluding carboxylic acids is 1. The van der Waals surface area contributed by atoms with Gasteiger partial charge in [-0.05, 0) is 76.3 Å². The maximum atomic E-state index is 13.4. The predicted octanol–water partition coefficient (Wildman–Crippen LogP) is 6.29. The van der Waals surface area contributed by atoms with E-state index in [0.29, 0.717) is 16.3 Å². The second-order valence-corrected chi connectivity index (χ2v) is 11.4. The van der Waals surface area contributed by atoms with Gasteiger partial charge in [-0.2, -0.15) is 18.2 Å². The van der Waals surface area contributed by atoms with Crippen LogP contribution in [0.2, 0.25) is 0 Å². The molecular formula is C23H26BrF3N4O3. The summed E-state index contributed by atoms with van der Waals surface area (Å²) in [7, 11) is 0. The van der Waals surface area contributed by atoms with Crippen molar-refractivity contribution < 1.29 is 27.2 Å². The largest absolute Gasteiger partial charge is 0.433 e. The lowest BCUT2D eigenvalue weighted by molar-refractivity contribution is -0.243. The van der Waals surface area contributed by atoms with E-state index in [2.05, 4.69) is 31.1 Å². The first-order valence-corrected chi connectivity index (χ1v) is 12.2. The first kappa shape index (κ1) is 23.6. The summed E-state index contributed by atoms with van der Waals surface area (Å²) in [4.78, 5) is 23.3. The molecule has 7 nitrogen and oxygen atoms in total. The number of alkyl halides is 3. The summed E-state index contributed by atoms with van der Waals surface area (Å²) in [6, 6.07) is 3.30. The third-order valence-electron chi connectivity index (χ3n) is 7.54. The minimum atomic E-state index is -4.70. The Labute approximate surface area is 203 Å². The summed E-state index contributed by atoms with van der Waals surface area (Å²) in [6.07, 6.45) is 1.89. The van der Waals surface area contributed by atoms with Crippen LogP contribution < -0.4 is 4.90 Å². The fourth-order valence-corrected chi connectivity index (χ4v) is 5.56. The Morgan fingerprint density at radius 1 is 1.26 bits per heavy atom. The lowest BCUT2D eigenvalue weighted by Crippen LogP contribution is -2.49. The Bertz CT molecular complexity index is 1090. The van der Waals surface area contributed by atoms with Gasteiger partial charge in [-0.1, -0.05) is 21.1 Å². The van der Waals surface area contributed by atoms with Gasteiger partial charge in [-0.25, -0.2) is 9.78 Å². The molecule has 3 fully saturated rings. The minimum absolute atomic E-state index is 0.203. The highest BCUT2D eigenvalue weighted by Crippen LogP contribution is 2.62. The van der Waals surface area contributed by atoms with E-state index in [1.165, 1.54) is 11.1 Å². The van der Waals surface area contributed by atoms with Crippen molar-refractivity contribution in [2.75, 3.05) is 11.4 Å². The van der Waals surface area contributed by atoms with Crippen LogP contribution in [0.1, 0.15) is 76.4 Å². The number of hydrogen-bond acceptors (Lipinski definition) is 6. The molecule has 0 radical (unpaired) electrons. The maximum absolute atomic E-state index is 13.4. The number of hydrogen-bond donors (Lipinski definition) is 0. The molecule has 0 saturated heterocycles. The molecule has 0 aromatic carbocycles. The Balaban J connectivity index is 1.40. The van der Waals surface area contributed by atoms with Gasteiger partial charge in [-0.15, -0.1) is 0 Å². The normalized spacial score (nSPS) is 26.6. The van der Waals surface area contributed by atoms with Gasteiger partial charge >= 0.3 is 12.3 Å². The lowest BCUT2D eigenvalue weighted by atomic mass is 9.81. The SMILES string of the molecule is CC(C)(OC(=O)N(CC12CCC(c3nc(C4CC4)no3)(CC1)C2)c1cc(Br)ccn1)C(F)(F)F. The number of nitrogens with zero attached hydrogens (tertiary/aromatic N) is 4. The molecule has 0 aliphatic heterocycles. The molecule has 3 aliphatic rings. The van der Waals surface area contributed by atoms with Gasteiger partial charge < -0.3 is 9.26 Å². The van der Waals surface area contributed by atoms with Gasteiger partial charge in [0.1, 0.15) is 5.82 Å². The molecule has 11 heteroatoms. The molecular weight excluding hydrogens is 517 g/mol. The zero-order chi connectivity index (χ0) is 24.4. The van der Waals surface area contributed by atoms with Crippen molar-refractivity contribution in [3.8, 4) is 0 Å². The van der Waals surface area contributed by atoms with Crippen molar-refractivity contribution in [1.29, 1.82) is 0 Å². The summed E-state index contributed by atoms with van der Waals surface area (Å²) in [5, 5.41) is 4.17. The van der Waals surface area contributed by atoms with Crippen LogP contribution in [0.25, 0.3) is 0 Å². The Morgan fingerprint density at radius 2 is 1.97 bits per heavy atom. The molecule has 2 aromatic heterocycles. The quantitative estimate of drug-likeness (QED) is 0.426. The van der Waals surface area contributed by atoms with E-state index in [-0.39, 0.29) is 23.2 Å². The molecule has 184 valence electrons. The molecule has 0 N–H and O–H groups in total. The number of carbonyl (C=O) groups is 1. The Hall–Kier alpha value is -2.17. The lowest BCUT2D eigenvalue weighted by Gasteiger charge is -2.35. The van der Waals surface area contributed by atoms with Gasteiger partial charge in [-0.3, -0.25) is 4.90 Å². The fourth-order valence-electron chi connectivity index (χ4n) is 5.24. The van der Waals surface area contributed by atoms with E-state index in [9.17, 15) is 18.0 Å². The highest BCUT2D eigenvalue weighted by Gasteiger charge is 2.59. The van der Waals surface area contributed by atoms with Crippen molar-refractivity contribution in [2.24, 2.45) is 5.41 Å². The number of fused-ring (bicyclic) bond motifs is 2. The standard InChI is InChI=1S/C23H26BrF3N4O3/c1-20(2,23(25,26)27)33-19(32)31(16-11-15(24)5-10-28-16)13-21-6-8-22(12-21,9-7-21)18-29-17(30-34-18)14-3-4-14/h5,10-11,14H,3-4,6-9,12-13H2,1-2H3. The van der Waals surface area contributed by atoms with Crippen molar-refractivity contribution in [3.63, 3.8) is 0 Å². The van der Waals surface area contributed by atoms with E-state index >= 15 is 0 Å². The molecule has 2 bridgehead atoms. The predicted molar refractivity (Wildman–Crippen MR) is 119 cm³/mol. The van der Waals surface area contributed by atoms with E-state index in [1.807, 2.05) is 0 Å². The summed E-state index contributed by atoms with van der Waals surface area (Å²) >= 11 is 3.36. The molecule has 2 heterocycles. The minimum Gasteiger partial charge on any atom is -0.433 e. The molecule has 0 spiro atoms. The molecule has 1 amide bonds.